The van der Waals surface area contributed by atoms with E-state index >= 15 is 0 Å². The smallest absolute Gasteiger partial charge is 0.0249 e. The predicted molar refractivity (Wildman–Crippen MR) is 57.9 cm³/mol. The number of nitrogens with one attached hydrogen (secondary N) is 1. The maximum absolute atomic E-state index is 3.81. The molecule has 0 radical (unpaired) electrons. The summed E-state index contributed by atoms with van der Waals surface area (Å²) in [6.07, 6.45) is 3.28. The normalized spacial score (nSPS) is 27.1. The van der Waals surface area contributed by atoms with E-state index in [1.807, 2.05) is 6.08 Å². The molecule has 1 fully saturated rings. The molecule has 1 rings (SSSR count). The van der Waals surface area contributed by atoms with E-state index in [1.54, 1.807) is 0 Å². The van der Waals surface area contributed by atoms with Gasteiger partial charge in [0, 0.05) is 32.2 Å². The molecule has 2 nitrogen and oxygen atoms in total. The quantitative estimate of drug-likeness (QED) is 0.663. The lowest BCUT2D eigenvalue weighted by atomic mass is 9.96. The summed E-state index contributed by atoms with van der Waals surface area (Å²) >= 11 is 0. The molecule has 1 aliphatic heterocycles. The zero-order valence-corrected chi connectivity index (χ0v) is 8.92. The number of rotatable bonds is 4. The summed E-state index contributed by atoms with van der Waals surface area (Å²) in [5.74, 6) is 0.785. The van der Waals surface area contributed by atoms with Crippen LogP contribution >= 0.6 is 0 Å². The van der Waals surface area contributed by atoms with Crippen LogP contribution < -0.4 is 5.32 Å². The minimum absolute atomic E-state index is 0.705. The van der Waals surface area contributed by atoms with Gasteiger partial charge >= 0.3 is 0 Å². The van der Waals surface area contributed by atoms with E-state index in [4.69, 9.17) is 0 Å². The van der Waals surface area contributed by atoms with Gasteiger partial charge in [0.15, 0.2) is 0 Å². The first-order valence-electron chi connectivity index (χ1n) is 5.35. The van der Waals surface area contributed by atoms with Crippen LogP contribution in [0.5, 0.6) is 0 Å². The van der Waals surface area contributed by atoms with E-state index in [-0.39, 0.29) is 0 Å². The summed E-state index contributed by atoms with van der Waals surface area (Å²) in [5, 5.41) is 3.46. The minimum atomic E-state index is 0.705. The third-order valence-electron chi connectivity index (χ3n) is 3.06. The van der Waals surface area contributed by atoms with Crippen molar-refractivity contribution in [1.29, 1.82) is 0 Å². The van der Waals surface area contributed by atoms with Crippen LogP contribution in [0.3, 0.4) is 0 Å². The minimum Gasteiger partial charge on any atom is -0.314 e. The Morgan fingerprint density at radius 3 is 3.08 bits per heavy atom. The highest BCUT2D eigenvalue weighted by molar-refractivity contribution is 4.86. The zero-order valence-electron chi connectivity index (χ0n) is 8.92. The molecule has 0 aromatic rings. The molecular weight excluding hydrogens is 160 g/mol. The molecule has 0 aromatic heterocycles. The van der Waals surface area contributed by atoms with Crippen molar-refractivity contribution >= 4 is 0 Å². The molecule has 0 saturated carbocycles. The number of piperazine rings is 1. The van der Waals surface area contributed by atoms with Gasteiger partial charge in [-0.05, 0) is 5.92 Å². The van der Waals surface area contributed by atoms with Crippen LogP contribution in [0.4, 0.5) is 0 Å². The number of nitrogens with zero attached hydrogens (tertiary/aromatic N) is 1. The van der Waals surface area contributed by atoms with E-state index in [0.717, 1.165) is 25.6 Å². The molecular formula is C11H22N2. The zero-order chi connectivity index (χ0) is 9.68. The second kappa shape index (κ2) is 5.40. The highest BCUT2D eigenvalue weighted by atomic mass is 15.2. The Morgan fingerprint density at radius 2 is 2.46 bits per heavy atom. The molecule has 0 bridgehead atoms. The van der Waals surface area contributed by atoms with Crippen LogP contribution in [0.1, 0.15) is 20.3 Å². The topological polar surface area (TPSA) is 15.3 Å². The van der Waals surface area contributed by atoms with E-state index in [1.165, 1.54) is 13.0 Å². The Labute approximate surface area is 82.0 Å². The third kappa shape index (κ3) is 2.82. The fourth-order valence-electron chi connectivity index (χ4n) is 1.99. The van der Waals surface area contributed by atoms with Crippen molar-refractivity contribution in [2.24, 2.45) is 5.92 Å². The summed E-state index contributed by atoms with van der Waals surface area (Å²) in [4.78, 5) is 2.54. The van der Waals surface area contributed by atoms with Gasteiger partial charge in [-0.15, -0.1) is 6.58 Å². The second-order valence-electron chi connectivity index (χ2n) is 3.94. The maximum Gasteiger partial charge on any atom is 0.0249 e. The van der Waals surface area contributed by atoms with Crippen LogP contribution in [-0.2, 0) is 0 Å². The average Bonchev–Trinajstić information content (AvgIpc) is 2.18. The van der Waals surface area contributed by atoms with E-state index in [0.29, 0.717) is 6.04 Å². The van der Waals surface area contributed by atoms with Crippen LogP contribution in [0.25, 0.3) is 0 Å². The molecule has 2 heteroatoms. The van der Waals surface area contributed by atoms with Crippen LogP contribution in [0.15, 0.2) is 12.7 Å². The Morgan fingerprint density at radius 1 is 1.69 bits per heavy atom. The molecule has 0 amide bonds. The second-order valence-corrected chi connectivity index (χ2v) is 3.94. The SMILES string of the molecule is C=CCN1CCNCC1C(C)CC. The summed E-state index contributed by atoms with van der Waals surface area (Å²) in [6.45, 7) is 12.9. The molecule has 1 N–H and O–H groups in total. The van der Waals surface area contributed by atoms with E-state index in [2.05, 4.69) is 30.6 Å². The Bertz CT molecular complexity index is 156. The average molecular weight is 182 g/mol. The van der Waals surface area contributed by atoms with Gasteiger partial charge in [0.25, 0.3) is 0 Å². The fraction of sp³-hybridized carbons (Fsp3) is 0.818. The van der Waals surface area contributed by atoms with E-state index < -0.39 is 0 Å². The van der Waals surface area contributed by atoms with Gasteiger partial charge in [0.05, 0.1) is 0 Å². The summed E-state index contributed by atoms with van der Waals surface area (Å²) in [7, 11) is 0. The summed E-state index contributed by atoms with van der Waals surface area (Å²) in [5.41, 5.74) is 0. The van der Waals surface area contributed by atoms with Gasteiger partial charge in [-0.3, -0.25) is 4.90 Å². The summed E-state index contributed by atoms with van der Waals surface area (Å²) < 4.78 is 0. The largest absolute Gasteiger partial charge is 0.314 e. The number of hydrogen-bond donors (Lipinski definition) is 1. The molecule has 1 saturated heterocycles. The molecule has 1 aliphatic rings. The van der Waals surface area contributed by atoms with Crippen LogP contribution in [0, 0.1) is 5.92 Å². The highest BCUT2D eigenvalue weighted by Crippen LogP contribution is 2.15. The lowest BCUT2D eigenvalue weighted by Gasteiger charge is -2.38. The van der Waals surface area contributed by atoms with Crippen molar-refractivity contribution in [3.05, 3.63) is 12.7 Å². The highest BCUT2D eigenvalue weighted by Gasteiger charge is 2.24. The molecule has 0 spiro atoms. The van der Waals surface area contributed by atoms with Crippen molar-refractivity contribution < 1.29 is 0 Å². The molecule has 13 heavy (non-hydrogen) atoms. The lowest BCUT2D eigenvalue weighted by molar-refractivity contribution is 0.130. The Balaban J connectivity index is 2.50. The predicted octanol–water partition coefficient (Wildman–Crippen LogP) is 1.49. The van der Waals surface area contributed by atoms with Gasteiger partial charge in [-0.1, -0.05) is 26.3 Å². The number of hydrogen-bond acceptors (Lipinski definition) is 2. The van der Waals surface area contributed by atoms with Gasteiger partial charge < -0.3 is 5.32 Å². The van der Waals surface area contributed by atoms with Crippen molar-refractivity contribution in [2.75, 3.05) is 26.2 Å². The molecule has 0 aliphatic carbocycles. The van der Waals surface area contributed by atoms with Crippen molar-refractivity contribution in [3.8, 4) is 0 Å². The Kier molecular flexibility index (Phi) is 4.46. The van der Waals surface area contributed by atoms with Crippen molar-refractivity contribution in [1.82, 2.24) is 10.2 Å². The molecule has 1 heterocycles. The van der Waals surface area contributed by atoms with Gasteiger partial charge in [0.1, 0.15) is 0 Å². The monoisotopic (exact) mass is 182 g/mol. The van der Waals surface area contributed by atoms with Gasteiger partial charge in [0.2, 0.25) is 0 Å². The first-order chi connectivity index (χ1) is 6.29. The lowest BCUT2D eigenvalue weighted by Crippen LogP contribution is -2.53. The van der Waals surface area contributed by atoms with Gasteiger partial charge in [-0.25, -0.2) is 0 Å². The third-order valence-corrected chi connectivity index (χ3v) is 3.06. The molecule has 76 valence electrons. The van der Waals surface area contributed by atoms with Crippen LogP contribution in [0.2, 0.25) is 0 Å². The Hall–Kier alpha value is -0.340. The maximum atomic E-state index is 3.81. The standard InChI is InChI=1S/C11H22N2/c1-4-7-13-8-6-12-9-11(13)10(3)5-2/h4,10-12H,1,5-9H2,2-3H3. The van der Waals surface area contributed by atoms with Crippen LogP contribution in [-0.4, -0.2) is 37.1 Å². The van der Waals surface area contributed by atoms with Crippen molar-refractivity contribution in [3.63, 3.8) is 0 Å². The first kappa shape index (κ1) is 10.7. The fourth-order valence-corrected chi connectivity index (χ4v) is 1.99. The molecule has 2 unspecified atom stereocenters. The first-order valence-corrected chi connectivity index (χ1v) is 5.35. The van der Waals surface area contributed by atoms with Gasteiger partial charge in [-0.2, -0.15) is 0 Å². The molecule has 2 atom stereocenters. The van der Waals surface area contributed by atoms with Crippen molar-refractivity contribution in [2.45, 2.75) is 26.3 Å². The molecule has 0 aromatic carbocycles. The summed E-state index contributed by atoms with van der Waals surface area (Å²) in [6, 6.07) is 0.705. The van der Waals surface area contributed by atoms with E-state index in [9.17, 15) is 0 Å².